The number of sulfone groups is 1. The summed E-state index contributed by atoms with van der Waals surface area (Å²) in [4.78, 5) is 0. The molecule has 1 aromatic rings. The first-order valence-electron chi connectivity index (χ1n) is 3.72. The Hall–Kier alpha value is -0.840. The van der Waals surface area contributed by atoms with Crippen molar-refractivity contribution in [3.8, 4) is 0 Å². The molecule has 1 aromatic heterocycles. The summed E-state index contributed by atoms with van der Waals surface area (Å²) in [6, 6.07) is 1.72. The van der Waals surface area contributed by atoms with Gasteiger partial charge < -0.3 is 0 Å². The van der Waals surface area contributed by atoms with Crippen molar-refractivity contribution in [2.45, 2.75) is 12.7 Å². The first-order chi connectivity index (χ1) is 5.55. The zero-order valence-corrected chi connectivity index (χ0v) is 8.00. The Bertz CT molecular complexity index is 353. The average molecular weight is 188 g/mol. The second-order valence-corrected chi connectivity index (χ2v) is 4.98. The lowest BCUT2D eigenvalue weighted by Gasteiger charge is -2.00. The summed E-state index contributed by atoms with van der Waals surface area (Å²) in [7, 11) is -1.19. The van der Waals surface area contributed by atoms with E-state index in [-0.39, 0.29) is 11.5 Å². The Morgan fingerprint density at radius 2 is 2.25 bits per heavy atom. The Morgan fingerprint density at radius 1 is 1.58 bits per heavy atom. The van der Waals surface area contributed by atoms with Crippen LogP contribution in [0.4, 0.5) is 0 Å². The van der Waals surface area contributed by atoms with Crippen molar-refractivity contribution in [1.29, 1.82) is 0 Å². The van der Waals surface area contributed by atoms with Gasteiger partial charge in [0.25, 0.3) is 0 Å². The van der Waals surface area contributed by atoms with Gasteiger partial charge >= 0.3 is 0 Å². The molecule has 0 aliphatic rings. The maximum atomic E-state index is 11.2. The molecule has 0 amide bonds. The number of nitrogens with zero attached hydrogens (tertiary/aromatic N) is 2. The zero-order chi connectivity index (χ0) is 9.19. The highest BCUT2D eigenvalue weighted by molar-refractivity contribution is 7.90. The monoisotopic (exact) mass is 188 g/mol. The van der Waals surface area contributed by atoms with Crippen molar-refractivity contribution < 1.29 is 8.42 Å². The second kappa shape index (κ2) is 3.26. The molecule has 0 radical (unpaired) electrons. The lowest BCUT2D eigenvalue weighted by molar-refractivity contribution is 0.593. The van der Waals surface area contributed by atoms with Crippen molar-refractivity contribution in [3.05, 3.63) is 18.0 Å². The highest BCUT2D eigenvalue weighted by Crippen LogP contribution is 2.03. The highest BCUT2D eigenvalue weighted by atomic mass is 32.2. The molecule has 0 N–H and O–H groups in total. The predicted molar refractivity (Wildman–Crippen MR) is 46.4 cm³/mol. The molecule has 0 atom stereocenters. The number of aryl methyl sites for hydroxylation is 1. The van der Waals surface area contributed by atoms with E-state index in [0.29, 0.717) is 0 Å². The molecule has 0 aliphatic heterocycles. The van der Waals surface area contributed by atoms with Gasteiger partial charge in [0, 0.05) is 19.0 Å². The van der Waals surface area contributed by atoms with Crippen LogP contribution in [0.5, 0.6) is 0 Å². The van der Waals surface area contributed by atoms with E-state index >= 15 is 0 Å². The van der Waals surface area contributed by atoms with Gasteiger partial charge in [-0.15, -0.1) is 0 Å². The molecule has 0 bridgehead atoms. The lowest BCUT2D eigenvalue weighted by Crippen LogP contribution is -2.09. The van der Waals surface area contributed by atoms with Crippen molar-refractivity contribution in [2.24, 2.45) is 7.05 Å². The fourth-order valence-corrected chi connectivity index (χ4v) is 1.81. The molecule has 0 fully saturated rings. The molecule has 0 spiro atoms. The lowest BCUT2D eigenvalue weighted by atomic mass is 10.5. The normalized spacial score (nSPS) is 11.8. The molecule has 1 rings (SSSR count). The summed E-state index contributed by atoms with van der Waals surface area (Å²) >= 11 is 0. The van der Waals surface area contributed by atoms with E-state index in [1.807, 2.05) is 0 Å². The standard InChI is InChI=1S/C7H12N2O2S/c1-3-12(10,11)6-7-4-5-8-9(7)2/h4-5H,3,6H2,1-2H3. The molecule has 0 saturated heterocycles. The third kappa shape index (κ3) is 2.07. The predicted octanol–water partition coefficient (Wildman–Crippen LogP) is 0.355. The van der Waals surface area contributed by atoms with Crippen LogP contribution in [0.1, 0.15) is 12.6 Å². The van der Waals surface area contributed by atoms with Crippen molar-refractivity contribution in [3.63, 3.8) is 0 Å². The van der Waals surface area contributed by atoms with Crippen LogP contribution in [0.2, 0.25) is 0 Å². The van der Waals surface area contributed by atoms with E-state index in [4.69, 9.17) is 0 Å². The van der Waals surface area contributed by atoms with Crippen molar-refractivity contribution >= 4 is 9.84 Å². The maximum absolute atomic E-state index is 11.2. The van der Waals surface area contributed by atoms with Gasteiger partial charge in [0.2, 0.25) is 0 Å². The summed E-state index contributed by atoms with van der Waals surface area (Å²) < 4.78 is 23.9. The van der Waals surface area contributed by atoms with Gasteiger partial charge in [-0.2, -0.15) is 5.10 Å². The summed E-state index contributed by atoms with van der Waals surface area (Å²) in [5.74, 6) is 0.262. The van der Waals surface area contributed by atoms with E-state index in [1.165, 1.54) is 0 Å². The van der Waals surface area contributed by atoms with E-state index in [2.05, 4.69) is 5.10 Å². The summed E-state index contributed by atoms with van der Waals surface area (Å²) in [6.45, 7) is 1.64. The Morgan fingerprint density at radius 3 is 2.67 bits per heavy atom. The number of rotatable bonds is 3. The molecule has 4 nitrogen and oxygen atoms in total. The first kappa shape index (κ1) is 9.25. The van der Waals surface area contributed by atoms with Crippen LogP contribution in [0.15, 0.2) is 12.3 Å². The molecule has 0 unspecified atom stereocenters. The minimum Gasteiger partial charge on any atom is -0.272 e. The van der Waals surface area contributed by atoms with Crippen LogP contribution in [-0.2, 0) is 22.6 Å². The molecular weight excluding hydrogens is 176 g/mol. The Labute approximate surface area is 72.1 Å². The molecule has 0 aromatic carbocycles. The van der Waals surface area contributed by atoms with Crippen molar-refractivity contribution in [2.75, 3.05) is 5.75 Å². The molecule has 1 heterocycles. The largest absolute Gasteiger partial charge is 0.272 e. The molecule has 0 aliphatic carbocycles. The van der Waals surface area contributed by atoms with Gasteiger partial charge in [-0.3, -0.25) is 4.68 Å². The fraction of sp³-hybridized carbons (Fsp3) is 0.571. The van der Waals surface area contributed by atoms with Crippen LogP contribution < -0.4 is 0 Å². The minimum absolute atomic E-state index is 0.0833. The summed E-state index contributed by atoms with van der Waals surface area (Å²) in [6.07, 6.45) is 1.60. The van der Waals surface area contributed by atoms with Crippen LogP contribution in [0.25, 0.3) is 0 Å². The van der Waals surface area contributed by atoms with E-state index in [0.717, 1.165) is 5.69 Å². The molecule has 5 heteroatoms. The zero-order valence-electron chi connectivity index (χ0n) is 7.19. The first-order valence-corrected chi connectivity index (χ1v) is 5.54. The topological polar surface area (TPSA) is 52.0 Å². The van der Waals surface area contributed by atoms with E-state index < -0.39 is 9.84 Å². The second-order valence-electron chi connectivity index (χ2n) is 2.62. The number of aromatic nitrogens is 2. The van der Waals surface area contributed by atoms with E-state index in [9.17, 15) is 8.42 Å². The fourth-order valence-electron chi connectivity index (χ4n) is 0.870. The highest BCUT2D eigenvalue weighted by Gasteiger charge is 2.10. The smallest absolute Gasteiger partial charge is 0.155 e. The van der Waals surface area contributed by atoms with Crippen LogP contribution >= 0.6 is 0 Å². The summed E-state index contributed by atoms with van der Waals surface area (Å²) in [5.41, 5.74) is 0.733. The van der Waals surface area contributed by atoms with Gasteiger partial charge in [0.05, 0.1) is 11.4 Å². The van der Waals surface area contributed by atoms with Crippen LogP contribution in [0, 0.1) is 0 Å². The van der Waals surface area contributed by atoms with Gasteiger partial charge in [-0.05, 0) is 6.07 Å². The molecule has 68 valence electrons. The van der Waals surface area contributed by atoms with Gasteiger partial charge in [0.1, 0.15) is 0 Å². The quantitative estimate of drug-likeness (QED) is 0.688. The molecule has 12 heavy (non-hydrogen) atoms. The van der Waals surface area contributed by atoms with E-state index in [1.54, 1.807) is 30.9 Å². The van der Waals surface area contributed by atoms with Crippen molar-refractivity contribution in [1.82, 2.24) is 9.78 Å². The molecule has 0 saturated carbocycles. The van der Waals surface area contributed by atoms with Gasteiger partial charge in [-0.1, -0.05) is 6.92 Å². The van der Waals surface area contributed by atoms with Gasteiger partial charge in [-0.25, -0.2) is 8.42 Å². The molecular formula is C7H12N2O2S. The maximum Gasteiger partial charge on any atom is 0.155 e. The SMILES string of the molecule is CCS(=O)(=O)Cc1ccnn1C. The van der Waals surface area contributed by atoms with Crippen LogP contribution in [0.3, 0.4) is 0 Å². The third-order valence-electron chi connectivity index (χ3n) is 1.73. The van der Waals surface area contributed by atoms with Crippen LogP contribution in [-0.4, -0.2) is 24.0 Å². The Kier molecular flexibility index (Phi) is 2.52. The third-order valence-corrected chi connectivity index (χ3v) is 3.35. The number of hydrogen-bond donors (Lipinski definition) is 0. The Balaban J connectivity index is 2.84. The number of hydrogen-bond acceptors (Lipinski definition) is 3. The van der Waals surface area contributed by atoms with Gasteiger partial charge in [0.15, 0.2) is 9.84 Å². The summed E-state index contributed by atoms with van der Waals surface area (Å²) in [5, 5.41) is 3.89. The average Bonchev–Trinajstić information content (AvgIpc) is 2.36. The minimum atomic E-state index is -2.93.